The standard InChI is InChI=1S/C28H38N6O3/c1-19-15-25-23(26-24(27(35)30-25)17-29-34(26)21-5-13-37-14-6-21)16-22(19)28(36)33-11-9-32(10-12-33)18-20-3-7-31(2)8-4-20/h15-17,20-21H,3-14,18H2,1-2H3,(H,30,35). The molecule has 3 aliphatic rings. The molecule has 3 fully saturated rings. The molecule has 198 valence electrons. The summed E-state index contributed by atoms with van der Waals surface area (Å²) in [6, 6.07) is 4.11. The number of nitrogens with zero attached hydrogens (tertiary/aromatic N) is 5. The third kappa shape index (κ3) is 4.80. The van der Waals surface area contributed by atoms with Gasteiger partial charge in [0.05, 0.1) is 28.7 Å². The molecule has 0 saturated carbocycles. The first-order valence-electron chi connectivity index (χ1n) is 13.8. The fourth-order valence-electron chi connectivity index (χ4n) is 6.34. The van der Waals surface area contributed by atoms with E-state index in [1.165, 1.54) is 25.9 Å². The van der Waals surface area contributed by atoms with Gasteiger partial charge in [-0.15, -0.1) is 0 Å². The highest BCUT2D eigenvalue weighted by Gasteiger charge is 2.27. The van der Waals surface area contributed by atoms with E-state index in [1.807, 2.05) is 28.6 Å². The van der Waals surface area contributed by atoms with E-state index < -0.39 is 0 Å². The number of likely N-dealkylation sites (tertiary alicyclic amines) is 1. The number of nitrogens with one attached hydrogen (secondary N) is 1. The molecule has 2 aromatic heterocycles. The molecule has 0 aliphatic carbocycles. The first kappa shape index (κ1) is 24.6. The second kappa shape index (κ2) is 10.2. The second-order valence-corrected chi connectivity index (χ2v) is 11.2. The summed E-state index contributed by atoms with van der Waals surface area (Å²) in [4.78, 5) is 36.5. The van der Waals surface area contributed by atoms with Gasteiger partial charge in [-0.1, -0.05) is 0 Å². The molecule has 37 heavy (non-hydrogen) atoms. The van der Waals surface area contributed by atoms with Crippen molar-refractivity contribution >= 4 is 27.7 Å². The van der Waals surface area contributed by atoms with Gasteiger partial charge in [-0.3, -0.25) is 19.2 Å². The molecule has 5 heterocycles. The lowest BCUT2D eigenvalue weighted by atomic mass is 9.96. The van der Waals surface area contributed by atoms with Gasteiger partial charge in [0.2, 0.25) is 0 Å². The zero-order valence-electron chi connectivity index (χ0n) is 22.0. The van der Waals surface area contributed by atoms with Crippen LogP contribution in [0.15, 0.2) is 23.1 Å². The van der Waals surface area contributed by atoms with Crippen molar-refractivity contribution in [2.75, 3.05) is 66.1 Å². The largest absolute Gasteiger partial charge is 0.381 e. The number of carbonyl (C=O) groups excluding carboxylic acids is 1. The molecule has 1 N–H and O–H groups in total. The summed E-state index contributed by atoms with van der Waals surface area (Å²) >= 11 is 0. The van der Waals surface area contributed by atoms with Crippen LogP contribution in [0.25, 0.3) is 21.8 Å². The Morgan fingerprint density at radius 3 is 2.49 bits per heavy atom. The van der Waals surface area contributed by atoms with Crippen molar-refractivity contribution < 1.29 is 9.53 Å². The Kier molecular flexibility index (Phi) is 6.77. The number of piperidine rings is 1. The Hall–Kier alpha value is -2.75. The first-order chi connectivity index (χ1) is 18.0. The summed E-state index contributed by atoms with van der Waals surface area (Å²) in [7, 11) is 2.21. The molecule has 0 unspecified atom stereocenters. The van der Waals surface area contributed by atoms with Crippen molar-refractivity contribution in [3.8, 4) is 0 Å². The monoisotopic (exact) mass is 506 g/mol. The van der Waals surface area contributed by atoms with Gasteiger partial charge in [-0.05, 0) is 76.4 Å². The Balaban J connectivity index is 1.24. The minimum Gasteiger partial charge on any atom is -0.381 e. The molecule has 1 aromatic carbocycles. The summed E-state index contributed by atoms with van der Waals surface area (Å²) in [5, 5.41) is 6.07. The molecular weight excluding hydrogens is 468 g/mol. The molecule has 0 atom stereocenters. The number of aryl methyl sites for hydroxylation is 1. The van der Waals surface area contributed by atoms with Crippen LogP contribution in [0.2, 0.25) is 0 Å². The van der Waals surface area contributed by atoms with E-state index in [0.717, 1.165) is 73.5 Å². The average Bonchev–Trinajstić information content (AvgIpc) is 3.37. The van der Waals surface area contributed by atoms with E-state index >= 15 is 0 Å². The van der Waals surface area contributed by atoms with E-state index in [2.05, 4.69) is 26.9 Å². The number of rotatable bonds is 4. The van der Waals surface area contributed by atoms with E-state index in [-0.39, 0.29) is 17.5 Å². The van der Waals surface area contributed by atoms with E-state index in [0.29, 0.717) is 24.2 Å². The highest BCUT2D eigenvalue weighted by molar-refractivity contribution is 6.07. The van der Waals surface area contributed by atoms with Gasteiger partial charge < -0.3 is 19.5 Å². The molecule has 3 aliphatic heterocycles. The average molecular weight is 507 g/mol. The SMILES string of the molecule is Cc1cc2[nH]c(=O)c3cnn(C4CCOCC4)c3c2cc1C(=O)N1CCN(CC2CCN(C)CC2)CC1. The molecule has 1 amide bonds. The molecule has 0 spiro atoms. The molecule has 9 nitrogen and oxygen atoms in total. The minimum absolute atomic E-state index is 0.0785. The van der Waals surface area contributed by atoms with Gasteiger partial charge >= 0.3 is 0 Å². The van der Waals surface area contributed by atoms with Crippen LogP contribution in [-0.4, -0.2) is 101 Å². The second-order valence-electron chi connectivity index (χ2n) is 11.2. The van der Waals surface area contributed by atoms with Crippen LogP contribution in [0, 0.1) is 12.8 Å². The maximum atomic E-state index is 13.7. The lowest BCUT2D eigenvalue weighted by Crippen LogP contribution is -2.50. The lowest BCUT2D eigenvalue weighted by molar-refractivity contribution is 0.0593. The third-order valence-electron chi connectivity index (χ3n) is 8.69. The summed E-state index contributed by atoms with van der Waals surface area (Å²) in [5.74, 6) is 0.848. The molecule has 9 heteroatoms. The van der Waals surface area contributed by atoms with Gasteiger partial charge in [0.15, 0.2) is 0 Å². The number of aromatic nitrogens is 3. The van der Waals surface area contributed by atoms with E-state index in [9.17, 15) is 9.59 Å². The van der Waals surface area contributed by atoms with Crippen LogP contribution in [0.3, 0.4) is 0 Å². The number of fused-ring (bicyclic) bond motifs is 3. The van der Waals surface area contributed by atoms with E-state index in [1.54, 1.807) is 6.20 Å². The normalized spacial score (nSPS) is 21.3. The highest BCUT2D eigenvalue weighted by Crippen LogP contribution is 2.30. The number of piperazine rings is 1. The topological polar surface area (TPSA) is 86.7 Å². The molecule has 6 rings (SSSR count). The Morgan fingerprint density at radius 1 is 1.03 bits per heavy atom. The number of pyridine rings is 1. The maximum absolute atomic E-state index is 13.7. The van der Waals surface area contributed by atoms with Crippen LogP contribution in [0.1, 0.15) is 47.6 Å². The fourth-order valence-corrected chi connectivity index (χ4v) is 6.34. The van der Waals surface area contributed by atoms with Crippen LogP contribution in [-0.2, 0) is 4.74 Å². The van der Waals surface area contributed by atoms with Crippen LogP contribution in [0.4, 0.5) is 0 Å². The van der Waals surface area contributed by atoms with Crippen molar-refractivity contribution in [3.05, 3.63) is 39.8 Å². The van der Waals surface area contributed by atoms with Crippen molar-refractivity contribution in [1.82, 2.24) is 29.5 Å². The number of hydrogen-bond acceptors (Lipinski definition) is 6. The van der Waals surface area contributed by atoms with Crippen molar-refractivity contribution in [1.29, 1.82) is 0 Å². The van der Waals surface area contributed by atoms with Crippen LogP contribution < -0.4 is 5.56 Å². The Bertz CT molecular complexity index is 1340. The zero-order valence-corrected chi connectivity index (χ0v) is 22.0. The number of aromatic amines is 1. The smallest absolute Gasteiger partial charge is 0.259 e. The highest BCUT2D eigenvalue weighted by atomic mass is 16.5. The Labute approximate surface area is 217 Å². The summed E-state index contributed by atoms with van der Waals surface area (Å²) in [6.07, 6.45) is 5.93. The molecule has 3 aromatic rings. The van der Waals surface area contributed by atoms with Crippen molar-refractivity contribution in [2.24, 2.45) is 5.92 Å². The van der Waals surface area contributed by atoms with Gasteiger partial charge in [0.1, 0.15) is 0 Å². The number of benzene rings is 1. The maximum Gasteiger partial charge on any atom is 0.259 e. The molecule has 0 radical (unpaired) electrons. The van der Waals surface area contributed by atoms with Gasteiger partial charge in [0.25, 0.3) is 11.5 Å². The predicted molar refractivity (Wildman–Crippen MR) is 144 cm³/mol. The lowest BCUT2D eigenvalue weighted by Gasteiger charge is -2.38. The first-order valence-corrected chi connectivity index (χ1v) is 13.8. The quantitative estimate of drug-likeness (QED) is 0.586. The minimum atomic E-state index is -0.139. The van der Waals surface area contributed by atoms with Crippen LogP contribution in [0.5, 0.6) is 0 Å². The molecular formula is C28H38N6O3. The van der Waals surface area contributed by atoms with Crippen molar-refractivity contribution in [3.63, 3.8) is 0 Å². The number of H-pyrrole nitrogens is 1. The number of ether oxygens (including phenoxy) is 1. The van der Waals surface area contributed by atoms with E-state index in [4.69, 9.17) is 4.74 Å². The summed E-state index contributed by atoms with van der Waals surface area (Å²) < 4.78 is 7.53. The van der Waals surface area contributed by atoms with Crippen molar-refractivity contribution in [2.45, 2.75) is 38.6 Å². The van der Waals surface area contributed by atoms with Gasteiger partial charge in [0, 0.05) is 56.9 Å². The summed E-state index contributed by atoms with van der Waals surface area (Å²) in [5.41, 5.74) is 3.04. The van der Waals surface area contributed by atoms with Crippen LogP contribution >= 0.6 is 0 Å². The molecule has 3 saturated heterocycles. The van der Waals surface area contributed by atoms with Gasteiger partial charge in [-0.25, -0.2) is 0 Å². The number of amides is 1. The number of carbonyl (C=O) groups is 1. The summed E-state index contributed by atoms with van der Waals surface area (Å²) in [6.45, 7) is 10.2. The van der Waals surface area contributed by atoms with Gasteiger partial charge in [-0.2, -0.15) is 5.10 Å². The Morgan fingerprint density at radius 2 is 1.76 bits per heavy atom. The number of hydrogen-bond donors (Lipinski definition) is 1. The fraction of sp³-hybridized carbons (Fsp3) is 0.607. The predicted octanol–water partition coefficient (Wildman–Crippen LogP) is 2.64. The zero-order chi connectivity index (χ0) is 25.5. The third-order valence-corrected chi connectivity index (χ3v) is 8.69. The molecule has 0 bridgehead atoms.